The molecule has 28 heavy (non-hydrogen) atoms. The summed E-state index contributed by atoms with van der Waals surface area (Å²) in [5.74, 6) is -0.815. The number of hydrogen-bond acceptors (Lipinski definition) is 4. The van der Waals surface area contributed by atoms with Gasteiger partial charge in [-0.25, -0.2) is 9.48 Å². The summed E-state index contributed by atoms with van der Waals surface area (Å²) < 4.78 is 1.79. The maximum atomic E-state index is 12.4. The van der Waals surface area contributed by atoms with Gasteiger partial charge in [0, 0.05) is 30.9 Å². The third-order valence-electron chi connectivity index (χ3n) is 5.12. The molecule has 1 heterocycles. The molecule has 1 aromatic carbocycles. The molecule has 1 aliphatic rings. The number of rotatable bonds is 8. The first-order chi connectivity index (χ1) is 13.5. The van der Waals surface area contributed by atoms with Crippen LogP contribution in [0.15, 0.2) is 42.7 Å². The molecule has 8 heteroatoms. The zero-order valence-corrected chi connectivity index (χ0v) is 16.3. The first-order valence-corrected chi connectivity index (χ1v) is 9.52. The predicted molar refractivity (Wildman–Crippen MR) is 105 cm³/mol. The molecule has 1 fully saturated rings. The topological polar surface area (TPSA) is 90.7 Å². The Labute approximate surface area is 164 Å². The van der Waals surface area contributed by atoms with Crippen LogP contribution < -0.4 is 5.32 Å². The molecule has 0 aliphatic heterocycles. The van der Waals surface area contributed by atoms with Gasteiger partial charge in [0.05, 0.1) is 25.0 Å². The number of urea groups is 1. The number of nitrogens with zero attached hydrogens (tertiary/aromatic N) is 4. The highest BCUT2D eigenvalue weighted by atomic mass is 16.4. The summed E-state index contributed by atoms with van der Waals surface area (Å²) in [5.41, 5.74) is 1.93. The van der Waals surface area contributed by atoms with Crippen LogP contribution in [0.25, 0.3) is 5.69 Å². The number of aliphatic carboxylic acids is 1. The fourth-order valence-electron chi connectivity index (χ4n) is 3.47. The van der Waals surface area contributed by atoms with E-state index in [9.17, 15) is 9.59 Å². The van der Waals surface area contributed by atoms with Crippen LogP contribution in [0.1, 0.15) is 25.3 Å². The third-order valence-corrected chi connectivity index (χ3v) is 5.12. The minimum Gasteiger partial charge on any atom is -0.480 e. The van der Waals surface area contributed by atoms with Gasteiger partial charge in [-0.3, -0.25) is 9.69 Å². The number of hydrogen-bond donors (Lipinski definition) is 2. The smallest absolute Gasteiger partial charge is 0.317 e. The molecule has 2 amide bonds. The quantitative estimate of drug-likeness (QED) is 0.725. The van der Waals surface area contributed by atoms with Gasteiger partial charge in [0.1, 0.15) is 0 Å². The maximum absolute atomic E-state index is 12.4. The van der Waals surface area contributed by atoms with Crippen LogP contribution in [0.5, 0.6) is 0 Å². The van der Waals surface area contributed by atoms with Crippen molar-refractivity contribution in [3.05, 3.63) is 48.3 Å². The van der Waals surface area contributed by atoms with Crippen LogP contribution in [-0.4, -0.2) is 68.9 Å². The van der Waals surface area contributed by atoms with Crippen LogP contribution in [0.2, 0.25) is 0 Å². The zero-order valence-electron chi connectivity index (χ0n) is 16.3. The minimum atomic E-state index is -0.815. The minimum absolute atomic E-state index is 0.0487. The Bertz CT molecular complexity index is 801. The molecule has 1 aromatic heterocycles. The van der Waals surface area contributed by atoms with Crippen molar-refractivity contribution < 1.29 is 14.7 Å². The van der Waals surface area contributed by atoms with Crippen LogP contribution in [0.3, 0.4) is 0 Å². The molecule has 8 nitrogen and oxygen atoms in total. The number of amides is 2. The Hall–Kier alpha value is -2.87. The van der Waals surface area contributed by atoms with Crippen molar-refractivity contribution in [3.8, 4) is 5.69 Å². The third kappa shape index (κ3) is 4.89. The summed E-state index contributed by atoms with van der Waals surface area (Å²) in [6, 6.07) is 10.0. The average Bonchev–Trinajstić information content (AvgIpc) is 3.11. The number of carbonyl (C=O) groups is 2. The second-order valence-corrected chi connectivity index (χ2v) is 7.21. The van der Waals surface area contributed by atoms with Crippen LogP contribution in [-0.2, 0) is 11.3 Å². The van der Waals surface area contributed by atoms with Crippen molar-refractivity contribution in [1.29, 1.82) is 0 Å². The summed E-state index contributed by atoms with van der Waals surface area (Å²) in [6.45, 7) is 3.17. The van der Waals surface area contributed by atoms with E-state index in [0.717, 1.165) is 24.1 Å². The van der Waals surface area contributed by atoms with Gasteiger partial charge in [-0.05, 0) is 31.5 Å². The second kappa shape index (κ2) is 8.88. The van der Waals surface area contributed by atoms with Crippen molar-refractivity contribution in [2.75, 3.05) is 20.1 Å². The molecule has 0 atom stereocenters. The fourth-order valence-corrected chi connectivity index (χ4v) is 3.47. The number of para-hydroxylation sites is 1. The Kier molecular flexibility index (Phi) is 6.30. The number of benzene rings is 1. The number of carbonyl (C=O) groups excluding carboxylic acids is 1. The fraction of sp³-hybridized carbons (Fsp3) is 0.450. The monoisotopic (exact) mass is 385 g/mol. The summed E-state index contributed by atoms with van der Waals surface area (Å²) in [5, 5.41) is 16.3. The number of likely N-dealkylation sites (N-methyl/N-ethyl adjacent to an activating group) is 1. The molecule has 150 valence electrons. The highest BCUT2D eigenvalue weighted by Crippen LogP contribution is 2.25. The Morgan fingerprint density at radius 2 is 2.00 bits per heavy atom. The molecule has 2 N–H and O–H groups in total. The van der Waals surface area contributed by atoms with Crippen molar-refractivity contribution in [2.24, 2.45) is 0 Å². The SMILES string of the molecule is CCN(CC(=O)O)C1CC(NC(=O)N(C)Cc2cnn(-c3ccccc3)c2)C1. The lowest BCUT2D eigenvalue weighted by molar-refractivity contribution is -0.139. The summed E-state index contributed by atoms with van der Waals surface area (Å²) in [4.78, 5) is 26.9. The van der Waals surface area contributed by atoms with Gasteiger partial charge in [-0.2, -0.15) is 5.10 Å². The van der Waals surface area contributed by atoms with Gasteiger partial charge in [0.15, 0.2) is 0 Å². The van der Waals surface area contributed by atoms with E-state index in [1.165, 1.54) is 0 Å². The lowest BCUT2D eigenvalue weighted by atomic mass is 9.85. The average molecular weight is 385 g/mol. The molecular weight excluding hydrogens is 358 g/mol. The van der Waals surface area contributed by atoms with E-state index in [1.807, 2.05) is 48.4 Å². The zero-order chi connectivity index (χ0) is 20.1. The highest BCUT2D eigenvalue weighted by molar-refractivity contribution is 5.74. The van der Waals surface area contributed by atoms with E-state index >= 15 is 0 Å². The molecule has 0 spiro atoms. The van der Waals surface area contributed by atoms with Crippen LogP contribution >= 0.6 is 0 Å². The van der Waals surface area contributed by atoms with Gasteiger partial charge < -0.3 is 15.3 Å². The second-order valence-electron chi connectivity index (χ2n) is 7.21. The number of carboxylic acid groups (broad SMARTS) is 1. The van der Waals surface area contributed by atoms with Crippen molar-refractivity contribution in [2.45, 2.75) is 38.4 Å². The van der Waals surface area contributed by atoms with Gasteiger partial charge in [-0.15, -0.1) is 0 Å². The molecule has 0 unspecified atom stereocenters. The summed E-state index contributed by atoms with van der Waals surface area (Å²) in [7, 11) is 1.76. The van der Waals surface area contributed by atoms with E-state index in [4.69, 9.17) is 5.11 Å². The molecule has 0 bridgehead atoms. The summed E-state index contributed by atoms with van der Waals surface area (Å²) >= 11 is 0. The lowest BCUT2D eigenvalue weighted by Crippen LogP contribution is -2.56. The number of aromatic nitrogens is 2. The molecule has 3 rings (SSSR count). The van der Waals surface area contributed by atoms with Crippen LogP contribution in [0.4, 0.5) is 4.79 Å². The van der Waals surface area contributed by atoms with Gasteiger partial charge in [0.25, 0.3) is 0 Å². The normalized spacial score (nSPS) is 18.5. The van der Waals surface area contributed by atoms with Crippen molar-refractivity contribution in [1.82, 2.24) is 24.9 Å². The largest absolute Gasteiger partial charge is 0.480 e. The molecule has 0 radical (unpaired) electrons. The summed E-state index contributed by atoms with van der Waals surface area (Å²) in [6.07, 6.45) is 5.25. The van der Waals surface area contributed by atoms with Crippen LogP contribution in [0, 0.1) is 0 Å². The van der Waals surface area contributed by atoms with Gasteiger partial charge in [0.2, 0.25) is 0 Å². The Morgan fingerprint density at radius 3 is 2.64 bits per heavy atom. The molecular formula is C20H27N5O3. The van der Waals surface area contributed by atoms with Gasteiger partial charge in [-0.1, -0.05) is 25.1 Å². The maximum Gasteiger partial charge on any atom is 0.317 e. The van der Waals surface area contributed by atoms with Crippen molar-refractivity contribution >= 4 is 12.0 Å². The standard InChI is InChI=1S/C20H27N5O3/c1-3-24(14-19(26)27)18-9-16(10-18)22-20(28)23(2)12-15-11-21-25(13-15)17-7-5-4-6-8-17/h4-8,11,13,16,18H,3,9-10,12,14H2,1-2H3,(H,22,28)(H,26,27). The molecule has 0 saturated heterocycles. The van der Waals surface area contributed by atoms with E-state index < -0.39 is 5.97 Å². The van der Waals surface area contributed by atoms with Gasteiger partial charge >= 0.3 is 12.0 Å². The highest BCUT2D eigenvalue weighted by Gasteiger charge is 2.35. The van der Waals surface area contributed by atoms with E-state index in [2.05, 4.69) is 10.4 Å². The number of carboxylic acids is 1. The molecule has 1 aliphatic carbocycles. The Morgan fingerprint density at radius 1 is 1.29 bits per heavy atom. The number of nitrogens with one attached hydrogen (secondary N) is 1. The predicted octanol–water partition coefficient (Wildman–Crippen LogP) is 1.95. The first kappa shape index (κ1) is 19.9. The molecule has 1 saturated carbocycles. The lowest BCUT2D eigenvalue weighted by Gasteiger charge is -2.42. The first-order valence-electron chi connectivity index (χ1n) is 9.52. The Balaban J connectivity index is 1.46. The van der Waals surface area contributed by atoms with Crippen molar-refractivity contribution in [3.63, 3.8) is 0 Å². The molecule has 2 aromatic rings. The van der Waals surface area contributed by atoms with E-state index in [-0.39, 0.29) is 24.7 Å². The van der Waals surface area contributed by atoms with E-state index in [0.29, 0.717) is 13.1 Å². The van der Waals surface area contributed by atoms with E-state index in [1.54, 1.807) is 22.8 Å².